The van der Waals surface area contributed by atoms with Gasteiger partial charge in [0.1, 0.15) is 4.34 Å². The van der Waals surface area contributed by atoms with E-state index in [-0.39, 0.29) is 0 Å². The first-order chi connectivity index (χ1) is 5.77. The number of rotatable bonds is 4. The van der Waals surface area contributed by atoms with E-state index in [4.69, 9.17) is 11.6 Å². The Hall–Kier alpha value is -0.210. The second kappa shape index (κ2) is 4.73. The number of nitrogens with one attached hydrogen (secondary N) is 1. The maximum Gasteiger partial charge on any atom is 0.116 e. The van der Waals surface area contributed by atoms with Gasteiger partial charge in [-0.15, -0.1) is 11.3 Å². The van der Waals surface area contributed by atoms with Gasteiger partial charge in [-0.2, -0.15) is 0 Å². The van der Waals surface area contributed by atoms with Gasteiger partial charge in [0.2, 0.25) is 0 Å². The zero-order valence-corrected chi connectivity index (χ0v) is 9.00. The van der Waals surface area contributed by atoms with Gasteiger partial charge < -0.3 is 5.32 Å². The highest BCUT2D eigenvalue weighted by molar-refractivity contribution is 7.15. The van der Waals surface area contributed by atoms with Gasteiger partial charge in [0.25, 0.3) is 0 Å². The fourth-order valence-electron chi connectivity index (χ4n) is 1.11. The van der Waals surface area contributed by atoms with E-state index in [0.717, 1.165) is 22.9 Å². The minimum Gasteiger partial charge on any atom is -0.380 e. The molecule has 0 aromatic carbocycles. The predicted molar refractivity (Wildman–Crippen MR) is 57.3 cm³/mol. The zero-order valence-electron chi connectivity index (χ0n) is 7.43. The largest absolute Gasteiger partial charge is 0.380 e. The average molecular weight is 204 g/mol. The molecule has 0 amide bonds. The van der Waals surface area contributed by atoms with E-state index in [9.17, 15) is 0 Å². The highest BCUT2D eigenvalue weighted by atomic mass is 35.5. The van der Waals surface area contributed by atoms with Gasteiger partial charge >= 0.3 is 0 Å². The van der Waals surface area contributed by atoms with Crippen LogP contribution in [0.2, 0.25) is 4.34 Å². The summed E-state index contributed by atoms with van der Waals surface area (Å²) in [6, 6.07) is 2.59. The van der Waals surface area contributed by atoms with Crippen molar-refractivity contribution in [1.29, 1.82) is 0 Å². The maximum atomic E-state index is 5.95. The summed E-state index contributed by atoms with van der Waals surface area (Å²) in [5.41, 5.74) is 1.08. The van der Waals surface area contributed by atoms with E-state index in [1.807, 2.05) is 11.4 Å². The topological polar surface area (TPSA) is 12.0 Å². The molecule has 12 heavy (non-hydrogen) atoms. The molecule has 0 saturated heterocycles. The molecule has 1 aromatic rings. The van der Waals surface area contributed by atoms with Crippen molar-refractivity contribution in [2.45, 2.75) is 32.7 Å². The van der Waals surface area contributed by atoms with Gasteiger partial charge in [0.15, 0.2) is 0 Å². The third kappa shape index (κ3) is 2.39. The molecule has 1 heterocycles. The molecule has 0 aliphatic carbocycles. The van der Waals surface area contributed by atoms with Crippen LogP contribution in [0.25, 0.3) is 0 Å². The van der Waals surface area contributed by atoms with Crippen LogP contribution in [0.4, 0.5) is 5.69 Å². The molecule has 3 heteroatoms. The summed E-state index contributed by atoms with van der Waals surface area (Å²) in [6.07, 6.45) is 2.28. The number of hydrogen-bond donors (Lipinski definition) is 1. The van der Waals surface area contributed by atoms with E-state index >= 15 is 0 Å². The Morgan fingerprint density at radius 1 is 1.50 bits per heavy atom. The van der Waals surface area contributed by atoms with E-state index in [1.54, 1.807) is 11.3 Å². The van der Waals surface area contributed by atoms with Crippen molar-refractivity contribution in [1.82, 2.24) is 0 Å². The van der Waals surface area contributed by atoms with Crippen molar-refractivity contribution in [2.24, 2.45) is 0 Å². The first-order valence-electron chi connectivity index (χ1n) is 4.27. The minimum absolute atomic E-state index is 0.553. The Bertz CT molecular complexity index is 230. The van der Waals surface area contributed by atoms with E-state index in [2.05, 4.69) is 19.2 Å². The molecule has 0 spiro atoms. The Labute approximate surface area is 82.7 Å². The summed E-state index contributed by atoms with van der Waals surface area (Å²) in [6.45, 7) is 4.36. The smallest absolute Gasteiger partial charge is 0.116 e. The summed E-state index contributed by atoms with van der Waals surface area (Å²) < 4.78 is 0.863. The number of anilines is 1. The van der Waals surface area contributed by atoms with Gasteiger partial charge in [0.05, 0.1) is 5.69 Å². The van der Waals surface area contributed by atoms with Crippen LogP contribution in [0.3, 0.4) is 0 Å². The minimum atomic E-state index is 0.553. The first kappa shape index (κ1) is 9.87. The van der Waals surface area contributed by atoms with Gasteiger partial charge in [-0.05, 0) is 24.3 Å². The molecule has 0 radical (unpaired) electrons. The van der Waals surface area contributed by atoms with Crippen LogP contribution in [-0.2, 0) is 0 Å². The van der Waals surface area contributed by atoms with E-state index in [0.29, 0.717) is 6.04 Å². The molecule has 68 valence electrons. The lowest BCUT2D eigenvalue weighted by atomic mass is 10.2. The Kier molecular flexibility index (Phi) is 3.89. The van der Waals surface area contributed by atoms with Crippen molar-refractivity contribution < 1.29 is 0 Å². The lowest BCUT2D eigenvalue weighted by molar-refractivity contribution is 0.672. The molecule has 0 atom stereocenters. The van der Waals surface area contributed by atoms with Gasteiger partial charge in [-0.1, -0.05) is 25.4 Å². The second-order valence-corrected chi connectivity index (χ2v) is 4.28. The Morgan fingerprint density at radius 2 is 2.17 bits per heavy atom. The molecule has 0 fully saturated rings. The molecule has 0 aliphatic rings. The van der Waals surface area contributed by atoms with Gasteiger partial charge in [0, 0.05) is 6.04 Å². The van der Waals surface area contributed by atoms with Crippen molar-refractivity contribution in [3.8, 4) is 0 Å². The lowest BCUT2D eigenvalue weighted by Crippen LogP contribution is -2.16. The van der Waals surface area contributed by atoms with Gasteiger partial charge in [-0.25, -0.2) is 0 Å². The van der Waals surface area contributed by atoms with Crippen LogP contribution in [0.15, 0.2) is 11.4 Å². The zero-order chi connectivity index (χ0) is 8.97. The summed E-state index contributed by atoms with van der Waals surface area (Å²) in [4.78, 5) is 0. The predicted octanol–water partition coefficient (Wildman–Crippen LogP) is 4.00. The Morgan fingerprint density at radius 3 is 2.58 bits per heavy atom. The fraction of sp³-hybridized carbons (Fsp3) is 0.556. The summed E-state index contributed by atoms with van der Waals surface area (Å²) in [5.74, 6) is 0. The molecular weight excluding hydrogens is 190 g/mol. The summed E-state index contributed by atoms with van der Waals surface area (Å²) >= 11 is 7.52. The second-order valence-electron chi connectivity index (χ2n) is 2.77. The fourth-order valence-corrected chi connectivity index (χ4v) is 1.96. The molecular formula is C9H14ClNS. The highest BCUT2D eigenvalue weighted by Gasteiger charge is 2.06. The third-order valence-corrected chi connectivity index (χ3v) is 3.13. The molecule has 1 rings (SSSR count). The molecule has 0 saturated carbocycles. The number of hydrogen-bond acceptors (Lipinski definition) is 2. The standard InChI is InChI=1S/C9H14ClNS/c1-3-7(4-2)11-8-5-6-12-9(8)10/h5-7,11H,3-4H2,1-2H3. The summed E-state index contributed by atoms with van der Waals surface area (Å²) in [7, 11) is 0. The van der Waals surface area contributed by atoms with Gasteiger partial charge in [-0.3, -0.25) is 0 Å². The van der Waals surface area contributed by atoms with Crippen LogP contribution >= 0.6 is 22.9 Å². The Balaban J connectivity index is 2.56. The molecule has 1 N–H and O–H groups in total. The monoisotopic (exact) mass is 203 g/mol. The quantitative estimate of drug-likeness (QED) is 0.780. The average Bonchev–Trinajstić information content (AvgIpc) is 2.47. The van der Waals surface area contributed by atoms with Crippen molar-refractivity contribution >= 4 is 28.6 Å². The molecule has 0 unspecified atom stereocenters. The summed E-state index contributed by atoms with van der Waals surface area (Å²) in [5, 5.41) is 5.41. The molecule has 0 bridgehead atoms. The van der Waals surface area contributed by atoms with E-state index in [1.165, 1.54) is 0 Å². The van der Waals surface area contributed by atoms with Crippen LogP contribution < -0.4 is 5.32 Å². The third-order valence-electron chi connectivity index (χ3n) is 1.96. The van der Waals surface area contributed by atoms with Crippen LogP contribution in [0, 0.1) is 0 Å². The first-order valence-corrected chi connectivity index (χ1v) is 5.53. The highest BCUT2D eigenvalue weighted by Crippen LogP contribution is 2.28. The SMILES string of the molecule is CCC(CC)Nc1ccsc1Cl. The van der Waals surface area contributed by atoms with Crippen LogP contribution in [-0.4, -0.2) is 6.04 Å². The lowest BCUT2D eigenvalue weighted by Gasteiger charge is -2.14. The van der Waals surface area contributed by atoms with E-state index < -0.39 is 0 Å². The maximum absolute atomic E-state index is 5.95. The number of thiophene rings is 1. The van der Waals surface area contributed by atoms with Crippen molar-refractivity contribution in [3.05, 3.63) is 15.8 Å². The normalized spacial score (nSPS) is 10.7. The molecule has 1 aromatic heterocycles. The van der Waals surface area contributed by atoms with Crippen molar-refractivity contribution in [2.75, 3.05) is 5.32 Å². The molecule has 1 nitrogen and oxygen atoms in total. The van der Waals surface area contributed by atoms with Crippen LogP contribution in [0.1, 0.15) is 26.7 Å². The number of halogens is 1. The van der Waals surface area contributed by atoms with Crippen molar-refractivity contribution in [3.63, 3.8) is 0 Å². The van der Waals surface area contributed by atoms with Crippen LogP contribution in [0.5, 0.6) is 0 Å². The molecule has 0 aliphatic heterocycles.